The van der Waals surface area contributed by atoms with Gasteiger partial charge in [-0.3, -0.25) is 9.59 Å². The molecule has 1 aromatic rings. The molecule has 3 aliphatic heterocycles. The van der Waals surface area contributed by atoms with Crippen LogP contribution in [0.4, 0.5) is 5.69 Å². The minimum atomic E-state index is 0.117. The maximum Gasteiger partial charge on any atom is 0.219 e. The first-order valence-electron chi connectivity index (χ1n) is 11.7. The van der Waals surface area contributed by atoms with Crippen LogP contribution in [0.3, 0.4) is 0 Å². The van der Waals surface area contributed by atoms with Crippen LogP contribution in [0.25, 0.3) is 0 Å². The van der Waals surface area contributed by atoms with Gasteiger partial charge in [0, 0.05) is 84.9 Å². The Morgan fingerprint density at radius 2 is 1.29 bits per heavy atom. The van der Waals surface area contributed by atoms with Crippen LogP contribution in [0.1, 0.15) is 52.4 Å². The van der Waals surface area contributed by atoms with Crippen molar-refractivity contribution in [2.75, 3.05) is 44.2 Å². The van der Waals surface area contributed by atoms with Gasteiger partial charge in [-0.1, -0.05) is 0 Å². The maximum absolute atomic E-state index is 11.6. The van der Waals surface area contributed by atoms with Crippen LogP contribution in [0, 0.1) is 0 Å². The van der Waals surface area contributed by atoms with Crippen LogP contribution in [0.15, 0.2) is 18.2 Å². The van der Waals surface area contributed by atoms with E-state index in [1.165, 1.54) is 12.8 Å². The second-order valence-electron chi connectivity index (χ2n) is 8.97. The van der Waals surface area contributed by atoms with Gasteiger partial charge in [0.2, 0.25) is 11.8 Å². The van der Waals surface area contributed by atoms with E-state index in [4.69, 9.17) is 9.47 Å². The number of nitrogens with zero attached hydrogens (tertiary/aromatic N) is 3. The van der Waals surface area contributed by atoms with Crippen molar-refractivity contribution < 1.29 is 19.1 Å². The number of hydrogen-bond donors (Lipinski definition) is 0. The molecule has 3 heterocycles. The summed E-state index contributed by atoms with van der Waals surface area (Å²) in [6.45, 7) is 8.39. The van der Waals surface area contributed by atoms with Gasteiger partial charge in [0.1, 0.15) is 23.7 Å². The van der Waals surface area contributed by atoms with Crippen molar-refractivity contribution in [2.45, 2.75) is 64.6 Å². The first kappa shape index (κ1) is 21.8. The summed E-state index contributed by atoms with van der Waals surface area (Å²) in [4.78, 5) is 29.4. The second-order valence-corrected chi connectivity index (χ2v) is 8.97. The minimum Gasteiger partial charge on any atom is -0.490 e. The van der Waals surface area contributed by atoms with Crippen LogP contribution in [0.2, 0.25) is 0 Å². The first-order valence-corrected chi connectivity index (χ1v) is 11.7. The van der Waals surface area contributed by atoms with Crippen molar-refractivity contribution in [3.63, 3.8) is 0 Å². The predicted octanol–water partition coefficient (Wildman–Crippen LogP) is 3.07. The Labute approximate surface area is 185 Å². The number of benzene rings is 1. The molecule has 170 valence electrons. The molecular formula is C24H35N3O4. The van der Waals surface area contributed by atoms with E-state index in [2.05, 4.69) is 17.0 Å². The zero-order valence-electron chi connectivity index (χ0n) is 18.8. The van der Waals surface area contributed by atoms with Gasteiger partial charge in [-0.2, -0.15) is 0 Å². The lowest BCUT2D eigenvalue weighted by atomic mass is 10.1. The lowest BCUT2D eigenvalue weighted by Gasteiger charge is -2.33. The van der Waals surface area contributed by atoms with Crippen molar-refractivity contribution >= 4 is 17.5 Å². The number of hydrogen-bond acceptors (Lipinski definition) is 5. The largest absolute Gasteiger partial charge is 0.490 e. The van der Waals surface area contributed by atoms with E-state index in [-0.39, 0.29) is 24.0 Å². The Kier molecular flexibility index (Phi) is 6.88. The molecule has 0 saturated carbocycles. The van der Waals surface area contributed by atoms with Gasteiger partial charge in [-0.05, 0) is 25.0 Å². The number of anilines is 1. The Balaban J connectivity index is 1.43. The molecule has 1 aromatic carbocycles. The van der Waals surface area contributed by atoms with E-state index in [0.29, 0.717) is 0 Å². The highest BCUT2D eigenvalue weighted by Gasteiger charge is 2.26. The topological polar surface area (TPSA) is 62.3 Å². The van der Waals surface area contributed by atoms with Crippen LogP contribution in [-0.4, -0.2) is 73.1 Å². The monoisotopic (exact) mass is 429 g/mol. The Morgan fingerprint density at radius 3 is 1.81 bits per heavy atom. The van der Waals surface area contributed by atoms with E-state index in [0.717, 1.165) is 82.1 Å². The average Bonchev–Trinajstić information content (AvgIpc) is 3.29. The van der Waals surface area contributed by atoms with Gasteiger partial charge in [0.25, 0.3) is 0 Å². The van der Waals surface area contributed by atoms with E-state index >= 15 is 0 Å². The minimum absolute atomic E-state index is 0.117. The average molecular weight is 430 g/mol. The molecule has 0 atom stereocenters. The molecule has 3 aliphatic rings. The first-order chi connectivity index (χ1) is 15.0. The highest BCUT2D eigenvalue weighted by Crippen LogP contribution is 2.37. The molecule has 0 N–H and O–H groups in total. The van der Waals surface area contributed by atoms with E-state index < -0.39 is 0 Å². The zero-order valence-corrected chi connectivity index (χ0v) is 18.8. The summed E-state index contributed by atoms with van der Waals surface area (Å²) in [5.41, 5.74) is 1.14. The van der Waals surface area contributed by atoms with Gasteiger partial charge in [-0.25, -0.2) is 0 Å². The molecule has 0 bridgehead atoms. The molecule has 3 saturated heterocycles. The van der Waals surface area contributed by atoms with Crippen LogP contribution < -0.4 is 14.4 Å². The standard InChI is InChI=1S/C24H35N3O4/c1-18(28)25-13-7-20(8-14-25)30-22-5-6-23(27-11-3-4-12-27)24(17-22)31-21-9-15-26(16-10-21)19(2)29/h5-6,17,20-21H,3-4,7-16H2,1-2H3. The summed E-state index contributed by atoms with van der Waals surface area (Å²) in [6.07, 6.45) is 6.08. The highest BCUT2D eigenvalue weighted by molar-refractivity contribution is 5.73. The predicted molar refractivity (Wildman–Crippen MR) is 120 cm³/mol. The Hall–Kier alpha value is -2.44. The molecule has 3 fully saturated rings. The quantitative estimate of drug-likeness (QED) is 0.720. The molecule has 0 spiro atoms. The van der Waals surface area contributed by atoms with Crippen molar-refractivity contribution in [3.05, 3.63) is 18.2 Å². The van der Waals surface area contributed by atoms with Crippen molar-refractivity contribution in [2.24, 2.45) is 0 Å². The normalized spacial score (nSPS) is 20.8. The summed E-state index contributed by atoms with van der Waals surface area (Å²) in [7, 11) is 0. The number of piperidine rings is 2. The van der Waals surface area contributed by atoms with E-state index in [1.54, 1.807) is 13.8 Å². The summed E-state index contributed by atoms with van der Waals surface area (Å²) in [6, 6.07) is 6.23. The fourth-order valence-electron chi connectivity index (χ4n) is 4.83. The van der Waals surface area contributed by atoms with Gasteiger partial charge in [-0.15, -0.1) is 0 Å². The van der Waals surface area contributed by atoms with Crippen LogP contribution in [-0.2, 0) is 9.59 Å². The van der Waals surface area contributed by atoms with Crippen molar-refractivity contribution in [1.29, 1.82) is 0 Å². The summed E-state index contributed by atoms with van der Waals surface area (Å²) in [5.74, 6) is 2.00. The highest BCUT2D eigenvalue weighted by atomic mass is 16.5. The van der Waals surface area contributed by atoms with Gasteiger partial charge in [0.15, 0.2) is 0 Å². The maximum atomic E-state index is 11.6. The summed E-state index contributed by atoms with van der Waals surface area (Å²) < 4.78 is 12.8. The van der Waals surface area contributed by atoms with Crippen LogP contribution >= 0.6 is 0 Å². The number of carbonyl (C=O) groups excluding carboxylic acids is 2. The molecule has 0 aromatic heterocycles. The summed E-state index contributed by atoms with van der Waals surface area (Å²) >= 11 is 0. The number of amides is 2. The van der Waals surface area contributed by atoms with Crippen LogP contribution in [0.5, 0.6) is 11.5 Å². The third kappa shape index (κ3) is 5.43. The van der Waals surface area contributed by atoms with Gasteiger partial charge >= 0.3 is 0 Å². The lowest BCUT2D eigenvalue weighted by Crippen LogP contribution is -2.41. The van der Waals surface area contributed by atoms with Crippen molar-refractivity contribution in [3.8, 4) is 11.5 Å². The fourth-order valence-corrected chi connectivity index (χ4v) is 4.83. The van der Waals surface area contributed by atoms with E-state index in [9.17, 15) is 9.59 Å². The van der Waals surface area contributed by atoms with E-state index in [1.807, 2.05) is 15.9 Å². The number of ether oxygens (including phenoxy) is 2. The molecule has 0 radical (unpaired) electrons. The third-order valence-electron chi connectivity index (χ3n) is 6.75. The molecular weight excluding hydrogens is 394 g/mol. The second kappa shape index (κ2) is 9.79. The molecule has 7 heteroatoms. The Bertz CT molecular complexity index is 777. The van der Waals surface area contributed by atoms with Gasteiger partial charge in [0.05, 0.1) is 5.69 Å². The lowest BCUT2D eigenvalue weighted by molar-refractivity contribution is -0.131. The smallest absolute Gasteiger partial charge is 0.219 e. The number of likely N-dealkylation sites (tertiary alicyclic amines) is 2. The van der Waals surface area contributed by atoms with Crippen molar-refractivity contribution in [1.82, 2.24) is 9.80 Å². The van der Waals surface area contributed by atoms with Gasteiger partial charge < -0.3 is 24.2 Å². The molecule has 7 nitrogen and oxygen atoms in total. The Morgan fingerprint density at radius 1 is 0.774 bits per heavy atom. The molecule has 4 rings (SSSR count). The SMILES string of the molecule is CC(=O)N1CCC(Oc2ccc(N3CCCC3)c(OC3CCN(C(C)=O)CC3)c2)CC1. The molecule has 31 heavy (non-hydrogen) atoms. The molecule has 0 aliphatic carbocycles. The number of rotatable bonds is 5. The zero-order chi connectivity index (χ0) is 21.8. The third-order valence-corrected chi connectivity index (χ3v) is 6.75. The summed E-state index contributed by atoms with van der Waals surface area (Å²) in [5, 5.41) is 0. The molecule has 2 amide bonds. The fraction of sp³-hybridized carbons (Fsp3) is 0.667. The molecule has 0 unspecified atom stereocenters. The number of carbonyl (C=O) groups is 2.